The molecule has 33 heavy (non-hydrogen) atoms. The van der Waals surface area contributed by atoms with E-state index in [1.165, 1.54) is 11.1 Å². The van der Waals surface area contributed by atoms with Crippen molar-refractivity contribution >= 4 is 11.9 Å². The molecule has 0 aromatic heterocycles. The van der Waals surface area contributed by atoms with Gasteiger partial charge >= 0.3 is 6.09 Å². The third-order valence-electron chi connectivity index (χ3n) is 6.63. The summed E-state index contributed by atoms with van der Waals surface area (Å²) in [7, 11) is 0. The first kappa shape index (κ1) is 21.5. The first-order valence-corrected chi connectivity index (χ1v) is 11.7. The van der Waals surface area contributed by atoms with Crippen LogP contribution in [0.25, 0.3) is 0 Å². The molecule has 2 unspecified atom stereocenters. The quantitative estimate of drug-likeness (QED) is 0.617. The zero-order valence-corrected chi connectivity index (χ0v) is 19.5. The van der Waals surface area contributed by atoms with Crippen LogP contribution in [-0.2, 0) is 10.3 Å². The van der Waals surface area contributed by atoms with Gasteiger partial charge in [-0.3, -0.25) is 4.99 Å². The average molecular weight is 442 g/mol. The number of amidine groups is 1. The van der Waals surface area contributed by atoms with Gasteiger partial charge in [-0.1, -0.05) is 60.7 Å². The van der Waals surface area contributed by atoms with Crippen LogP contribution in [0.1, 0.15) is 68.8 Å². The van der Waals surface area contributed by atoms with E-state index in [-0.39, 0.29) is 23.7 Å². The van der Waals surface area contributed by atoms with E-state index in [2.05, 4.69) is 77.1 Å². The van der Waals surface area contributed by atoms with E-state index in [4.69, 9.17) is 9.73 Å². The summed E-state index contributed by atoms with van der Waals surface area (Å²) in [5.41, 5.74) is 2.69. The largest absolute Gasteiger partial charge is 0.444 e. The fourth-order valence-corrected chi connectivity index (χ4v) is 4.92. The number of fused-ring (bicyclic) bond motifs is 1. The fraction of sp³-hybridized carbons (Fsp3) is 0.357. The average Bonchev–Trinajstić information content (AvgIpc) is 3.15. The summed E-state index contributed by atoms with van der Waals surface area (Å²) < 4.78 is 5.53. The van der Waals surface area contributed by atoms with Gasteiger partial charge in [0.1, 0.15) is 17.5 Å². The lowest BCUT2D eigenvalue weighted by Crippen LogP contribution is -2.52. The highest BCUT2D eigenvalue weighted by atomic mass is 16.6. The van der Waals surface area contributed by atoms with Crippen LogP contribution in [0.15, 0.2) is 84.0 Å². The number of benzene rings is 2. The topological polar surface area (TPSA) is 53.9 Å². The number of amides is 1. The van der Waals surface area contributed by atoms with Gasteiger partial charge in [-0.2, -0.15) is 0 Å². The maximum Gasteiger partial charge on any atom is 0.408 e. The lowest BCUT2D eigenvalue weighted by atomic mass is 9.71. The van der Waals surface area contributed by atoms with E-state index in [9.17, 15) is 4.79 Å². The van der Waals surface area contributed by atoms with Crippen molar-refractivity contribution in [2.75, 3.05) is 0 Å². The molecule has 1 saturated carbocycles. The first-order chi connectivity index (χ1) is 15.8. The number of rotatable bonds is 4. The highest BCUT2D eigenvalue weighted by molar-refractivity contribution is 5.97. The SMILES string of the molecule is CC(C)(C)OC(=O)NC1(c2ccc(C3N=C4C=CC=CN4C3c3ccccc3)cc2)CCC1. The van der Waals surface area contributed by atoms with Crippen LogP contribution in [0, 0.1) is 0 Å². The monoisotopic (exact) mass is 441 g/mol. The Morgan fingerprint density at radius 2 is 1.76 bits per heavy atom. The van der Waals surface area contributed by atoms with Gasteiger partial charge in [0.05, 0.1) is 11.6 Å². The summed E-state index contributed by atoms with van der Waals surface area (Å²) in [6, 6.07) is 19.3. The fourth-order valence-electron chi connectivity index (χ4n) is 4.92. The first-order valence-electron chi connectivity index (χ1n) is 11.7. The molecule has 1 amide bonds. The Kier molecular flexibility index (Phi) is 5.35. The molecule has 170 valence electrons. The van der Waals surface area contributed by atoms with Crippen LogP contribution in [0.4, 0.5) is 4.79 Å². The lowest BCUT2D eigenvalue weighted by Gasteiger charge is -2.43. The second kappa shape index (κ2) is 8.22. The molecule has 2 atom stereocenters. The molecule has 2 aromatic carbocycles. The second-order valence-corrected chi connectivity index (χ2v) is 10.1. The summed E-state index contributed by atoms with van der Waals surface area (Å²) in [5.74, 6) is 0.988. The smallest absolute Gasteiger partial charge is 0.408 e. The lowest BCUT2D eigenvalue weighted by molar-refractivity contribution is 0.0377. The number of hydrogen-bond donors (Lipinski definition) is 1. The molecule has 2 aliphatic heterocycles. The van der Waals surface area contributed by atoms with Crippen molar-refractivity contribution in [2.24, 2.45) is 4.99 Å². The Bertz CT molecular complexity index is 1110. The molecule has 3 aliphatic rings. The number of allylic oxidation sites excluding steroid dienone is 2. The summed E-state index contributed by atoms with van der Waals surface area (Å²) in [5, 5.41) is 3.15. The van der Waals surface area contributed by atoms with Crippen LogP contribution in [0.5, 0.6) is 0 Å². The van der Waals surface area contributed by atoms with Crippen LogP contribution in [0.3, 0.4) is 0 Å². The van der Waals surface area contributed by atoms with Crippen molar-refractivity contribution < 1.29 is 9.53 Å². The molecular formula is C28H31N3O2. The van der Waals surface area contributed by atoms with Crippen LogP contribution >= 0.6 is 0 Å². The van der Waals surface area contributed by atoms with E-state index in [1.807, 2.05) is 32.9 Å². The van der Waals surface area contributed by atoms with Gasteiger partial charge in [0, 0.05) is 6.20 Å². The van der Waals surface area contributed by atoms with Crippen LogP contribution < -0.4 is 5.32 Å². The van der Waals surface area contributed by atoms with Crippen molar-refractivity contribution in [1.82, 2.24) is 10.2 Å². The zero-order valence-electron chi connectivity index (χ0n) is 19.5. The summed E-state index contributed by atoms with van der Waals surface area (Å²) in [6.45, 7) is 5.66. The normalized spacial score (nSPS) is 22.9. The predicted molar refractivity (Wildman–Crippen MR) is 131 cm³/mol. The maximum atomic E-state index is 12.5. The molecule has 0 radical (unpaired) electrons. The van der Waals surface area contributed by atoms with Gasteiger partial charge in [-0.15, -0.1) is 0 Å². The molecule has 0 spiro atoms. The Hall–Kier alpha value is -3.34. The predicted octanol–water partition coefficient (Wildman–Crippen LogP) is 6.17. The molecule has 1 aliphatic carbocycles. The third kappa shape index (κ3) is 4.20. The van der Waals surface area contributed by atoms with Crippen molar-refractivity contribution in [3.8, 4) is 0 Å². The molecule has 1 N–H and O–H groups in total. The van der Waals surface area contributed by atoms with Crippen molar-refractivity contribution in [2.45, 2.75) is 63.3 Å². The van der Waals surface area contributed by atoms with Crippen LogP contribution in [-0.4, -0.2) is 22.4 Å². The Morgan fingerprint density at radius 3 is 2.39 bits per heavy atom. The molecule has 5 rings (SSSR count). The minimum absolute atomic E-state index is 0.00000518. The molecule has 2 aromatic rings. The molecular weight excluding hydrogens is 410 g/mol. The minimum Gasteiger partial charge on any atom is -0.444 e. The van der Waals surface area contributed by atoms with E-state index >= 15 is 0 Å². The Labute approximate surface area is 195 Å². The van der Waals surface area contributed by atoms with E-state index in [0.29, 0.717) is 0 Å². The number of hydrogen-bond acceptors (Lipinski definition) is 4. The molecule has 0 bridgehead atoms. The van der Waals surface area contributed by atoms with Gasteiger partial charge in [0.15, 0.2) is 0 Å². The number of alkyl carbamates (subject to hydrolysis) is 1. The number of aliphatic imine (C=N–C) groups is 1. The van der Waals surface area contributed by atoms with E-state index in [1.54, 1.807) is 0 Å². The number of carbonyl (C=O) groups excluding carboxylic acids is 1. The number of nitrogens with zero attached hydrogens (tertiary/aromatic N) is 2. The Morgan fingerprint density at radius 1 is 1.03 bits per heavy atom. The van der Waals surface area contributed by atoms with Crippen molar-refractivity contribution in [3.63, 3.8) is 0 Å². The molecule has 0 saturated heterocycles. The standard InChI is InChI=1S/C28H31N3O2/c1-27(2,3)33-26(32)30-28(17-9-18-28)22-15-13-20(14-16-22)24-25(21-10-5-4-6-11-21)31-19-8-7-12-23(31)29-24/h4-8,10-16,19,24-25H,9,17-18H2,1-3H3,(H,30,32). The maximum absolute atomic E-state index is 12.5. The molecule has 5 heteroatoms. The highest BCUT2D eigenvalue weighted by Gasteiger charge is 2.42. The summed E-state index contributed by atoms with van der Waals surface area (Å²) in [6.07, 6.45) is 10.9. The third-order valence-corrected chi connectivity index (χ3v) is 6.63. The van der Waals surface area contributed by atoms with Gasteiger partial charge in [0.25, 0.3) is 0 Å². The summed E-state index contributed by atoms with van der Waals surface area (Å²) >= 11 is 0. The number of nitrogens with one attached hydrogen (secondary N) is 1. The van der Waals surface area contributed by atoms with Crippen LogP contribution in [0.2, 0.25) is 0 Å². The van der Waals surface area contributed by atoms with Gasteiger partial charge < -0.3 is 15.0 Å². The van der Waals surface area contributed by atoms with Gasteiger partial charge in [-0.25, -0.2) is 4.79 Å². The highest BCUT2D eigenvalue weighted by Crippen LogP contribution is 2.45. The molecule has 2 heterocycles. The number of ether oxygens (including phenoxy) is 1. The molecule has 5 nitrogen and oxygen atoms in total. The van der Waals surface area contributed by atoms with E-state index < -0.39 is 5.60 Å². The second-order valence-electron chi connectivity index (χ2n) is 10.1. The van der Waals surface area contributed by atoms with Gasteiger partial charge in [0.2, 0.25) is 0 Å². The molecule has 1 fully saturated rings. The zero-order chi connectivity index (χ0) is 23.1. The Balaban J connectivity index is 1.41. The van der Waals surface area contributed by atoms with Crippen molar-refractivity contribution in [3.05, 3.63) is 95.7 Å². The van der Waals surface area contributed by atoms with E-state index in [0.717, 1.165) is 30.7 Å². The number of carbonyl (C=O) groups is 1. The van der Waals surface area contributed by atoms with Gasteiger partial charge in [-0.05, 0) is 68.9 Å². The summed E-state index contributed by atoms with van der Waals surface area (Å²) in [4.78, 5) is 19.8. The van der Waals surface area contributed by atoms with Crippen molar-refractivity contribution in [1.29, 1.82) is 0 Å². The minimum atomic E-state index is -0.512.